The number of nitrogens with zero attached hydrogens (tertiary/aromatic N) is 4. The number of halogens is 12. The normalized spacial score (nSPS) is 34.6. The first-order valence-corrected chi connectivity index (χ1v) is 42.9. The van der Waals surface area contributed by atoms with Gasteiger partial charge in [-0.1, -0.05) is 95.3 Å². The molecule has 0 saturated carbocycles. The molecular formula is C64H56Cl4F8N8O32P4S4. The summed E-state index contributed by atoms with van der Waals surface area (Å²) >= 11 is 41.6. The Hall–Kier alpha value is -6.80. The van der Waals surface area contributed by atoms with Crippen molar-refractivity contribution >= 4 is 127 Å². The predicted octanol–water partition coefficient (Wildman–Crippen LogP) is 9.39. The molecule has 8 aromatic rings. The summed E-state index contributed by atoms with van der Waals surface area (Å²) in [6.45, 7) is -11.5. The van der Waals surface area contributed by atoms with Crippen molar-refractivity contribution in [2.45, 2.75) is 124 Å². The monoisotopic (exact) mass is 2000 g/mol. The van der Waals surface area contributed by atoms with E-state index in [2.05, 4.69) is 62.7 Å². The van der Waals surface area contributed by atoms with Gasteiger partial charge in [0.1, 0.15) is 117 Å². The second-order valence-corrected chi connectivity index (χ2v) is 35.7. The Morgan fingerprint density at radius 3 is 0.968 bits per heavy atom. The van der Waals surface area contributed by atoms with Crippen molar-refractivity contribution in [1.29, 1.82) is 0 Å². The minimum absolute atomic E-state index is 0.0130. The molecule has 0 radical (unpaired) electrons. The zero-order valence-electron chi connectivity index (χ0n) is 66.4. The number of aliphatic hydroxyl groups excluding tert-OH is 8. The summed E-state index contributed by atoms with van der Waals surface area (Å²) in [5, 5.41) is 83.0. The Morgan fingerprint density at radius 2 is 0.645 bits per heavy atom. The number of rotatable bonds is 16. The van der Waals surface area contributed by atoms with Gasteiger partial charge in [-0.2, -0.15) is 0 Å². The highest BCUT2D eigenvalue weighted by Gasteiger charge is 2.62. The summed E-state index contributed by atoms with van der Waals surface area (Å²) in [6.07, 6.45) is -28.2. The zero-order chi connectivity index (χ0) is 95.6. The first-order valence-electron chi connectivity index (χ1n) is 36.9. The van der Waals surface area contributed by atoms with Crippen LogP contribution in [-0.2, 0) is 99.8 Å². The lowest BCUT2D eigenvalue weighted by atomic mass is 10.1. The van der Waals surface area contributed by atoms with E-state index in [4.69, 9.17) is 114 Å². The van der Waals surface area contributed by atoms with E-state index in [0.717, 1.165) is 0 Å². The molecule has 0 aliphatic carbocycles. The van der Waals surface area contributed by atoms with Crippen LogP contribution in [0, 0.1) is 41.8 Å². The smallest absolute Gasteiger partial charge is 0.404 e. The lowest BCUT2D eigenvalue weighted by molar-refractivity contribution is -0.205. The molecule has 8 aliphatic rings. The average molecular weight is 2000 g/mol. The Morgan fingerprint density at radius 1 is 0.403 bits per heavy atom. The average Bonchev–Trinajstić information content (AvgIpc) is 1.56. The van der Waals surface area contributed by atoms with E-state index in [-0.39, 0.29) is 50.4 Å². The molecule has 60 heteroatoms. The molecule has 0 spiro atoms. The fourth-order valence-electron chi connectivity index (χ4n) is 11.4. The van der Waals surface area contributed by atoms with E-state index < -0.39 is 233 Å². The van der Waals surface area contributed by atoms with Gasteiger partial charge in [0, 0.05) is 42.3 Å². The standard InChI is InChI=1S/4C16H14ClF2N2O8PS/c4*17-8-1-2-10-7(3-8)5-26-30(25,29-10)27-6-16(19)12(23)11(22)14(28-16)21-4-9(18)13(31)20-15(21)24/h4*1-4,11-12,14,22-23H,5-6H2,(H,20,24,31)/t4*11-,12+,14-,16-,30?/m1111/s1/i6D2,14D;14D;6D2;. The highest BCUT2D eigenvalue weighted by Crippen LogP contribution is 2.60. The molecule has 0 bridgehead atoms. The van der Waals surface area contributed by atoms with Gasteiger partial charge in [0.05, 0.1) is 59.4 Å². The highest BCUT2D eigenvalue weighted by molar-refractivity contribution is 7.72. The number of alkyl halides is 4. The van der Waals surface area contributed by atoms with Gasteiger partial charge in [-0.15, -0.1) is 0 Å². The van der Waals surface area contributed by atoms with Gasteiger partial charge in [0.15, 0.2) is 48.1 Å². The van der Waals surface area contributed by atoms with E-state index in [1.807, 2.05) is 19.9 Å². The van der Waals surface area contributed by atoms with Crippen LogP contribution in [0.3, 0.4) is 0 Å². The largest absolute Gasteiger partial charge is 0.530 e. The Bertz CT molecular complexity index is 6590. The fraction of sp³-hybridized carbons (Fsp3) is 0.375. The van der Waals surface area contributed by atoms with Crippen LogP contribution in [0.1, 0.15) is 55.3 Å². The summed E-state index contributed by atoms with van der Waals surface area (Å²) in [5.41, 5.74) is -3.14. The number of fused-ring (bicyclic) bond motifs is 4. The predicted molar refractivity (Wildman–Crippen MR) is 409 cm³/mol. The topological polar surface area (TPSA) is 529 Å². The van der Waals surface area contributed by atoms with E-state index in [1.165, 1.54) is 72.8 Å². The Kier molecular flexibility index (Phi) is 25.6. The minimum atomic E-state index is -4.90. The number of phosphoric acid groups is 4. The summed E-state index contributed by atoms with van der Waals surface area (Å²) in [4.78, 5) is 55.8. The van der Waals surface area contributed by atoms with Gasteiger partial charge in [0.2, 0.25) is 0 Å². The molecule has 12 N–H and O–H groups in total. The third-order valence-corrected chi connectivity index (χ3v) is 24.8. The number of aliphatic hydroxyl groups is 8. The van der Waals surface area contributed by atoms with Crippen molar-refractivity contribution in [2.24, 2.45) is 0 Å². The number of benzene rings is 4. The van der Waals surface area contributed by atoms with Crippen molar-refractivity contribution in [3.8, 4) is 23.0 Å². The third kappa shape index (κ3) is 20.1. The molecule has 8 aliphatic heterocycles. The second-order valence-electron chi connectivity index (χ2n) is 26.1. The van der Waals surface area contributed by atoms with Crippen molar-refractivity contribution in [2.75, 3.05) is 26.3 Å². The van der Waals surface area contributed by atoms with Crippen LogP contribution in [0.5, 0.6) is 23.0 Å². The van der Waals surface area contributed by atoms with Crippen LogP contribution in [0.15, 0.2) is 117 Å². The van der Waals surface area contributed by atoms with E-state index in [0.29, 0.717) is 71.2 Å². The maximum absolute atomic E-state index is 15.8. The molecule has 12 heterocycles. The maximum Gasteiger partial charge on any atom is 0.530 e. The molecule has 4 aromatic heterocycles. The molecule has 4 aromatic carbocycles. The molecule has 40 nitrogen and oxygen atoms in total. The van der Waals surface area contributed by atoms with Crippen molar-refractivity contribution in [1.82, 2.24) is 38.2 Å². The molecule has 16 rings (SSSR count). The third-order valence-electron chi connectivity index (χ3n) is 17.7. The summed E-state index contributed by atoms with van der Waals surface area (Å²) in [7, 11) is -18.4. The molecule has 672 valence electrons. The maximum atomic E-state index is 15.8. The van der Waals surface area contributed by atoms with Crippen LogP contribution in [-0.4, -0.2) is 178 Å². The summed E-state index contributed by atoms with van der Waals surface area (Å²) in [6, 6.07) is 16.9. The molecule has 4 saturated heterocycles. The van der Waals surface area contributed by atoms with Crippen molar-refractivity contribution in [3.05, 3.63) is 224 Å². The Balaban J connectivity index is 0.000000148. The van der Waals surface area contributed by atoms with Crippen LogP contribution >= 0.6 is 127 Å². The second kappa shape index (κ2) is 36.6. The van der Waals surface area contributed by atoms with Gasteiger partial charge in [0.25, 0.3) is 23.4 Å². The van der Waals surface area contributed by atoms with Gasteiger partial charge < -0.3 is 77.9 Å². The number of ether oxygens (including phenoxy) is 4. The number of hydrogen-bond donors (Lipinski definition) is 12. The number of H-pyrrole nitrogens is 4. The Labute approximate surface area is 733 Å². The number of aromatic nitrogens is 8. The molecule has 0 amide bonds. The van der Waals surface area contributed by atoms with Crippen LogP contribution < -0.4 is 40.9 Å². The van der Waals surface area contributed by atoms with Crippen LogP contribution in [0.25, 0.3) is 0 Å². The molecule has 20 atom stereocenters. The van der Waals surface area contributed by atoms with Gasteiger partial charge >= 0.3 is 54.0 Å². The molecule has 4 unspecified atom stereocenters. The lowest BCUT2D eigenvalue weighted by Gasteiger charge is -2.28. The number of aromatic amines is 4. The van der Waals surface area contributed by atoms with Crippen LogP contribution in [0.4, 0.5) is 35.1 Å². The van der Waals surface area contributed by atoms with Crippen molar-refractivity contribution < 1.29 is 176 Å². The first-order chi connectivity index (χ1) is 60.3. The number of hydrogen-bond acceptors (Lipinski definition) is 36. The van der Waals surface area contributed by atoms with Gasteiger partial charge in [-0.05, 0) is 72.8 Å². The van der Waals surface area contributed by atoms with Gasteiger partial charge in [-0.3, -0.25) is 74.4 Å². The number of nitrogens with one attached hydrogen (secondary N) is 4. The summed E-state index contributed by atoms with van der Waals surface area (Å²) < 4.78 is 294. The SMILES string of the molecule is O=c1[nH]c(=S)c(F)cn1[C@@H]1O[C@](F)(COP2(=O)OCc3cc(Cl)ccc3O2)[C@@H](O)[C@H]1O.[2H]C([2H])(OP1(=O)OCc2cc(Cl)ccc2O1)[C@@]1(F)O[C@@H](n2cc(F)c(=S)[nH]c2=O)[C@H](O)[C@@H]1O.[2H]C([2H])(OP1(=O)OCc2cc(Cl)ccc2O1)[C@@]1(F)O[C@@]([2H])(n2cc(F)c(=S)[nH]c2=O)[C@H](O)[C@@H]1O.[2H][C@@]1(n2cc(F)c(=S)[nH]c2=O)O[C@](F)(COP2(=O)OCc3cc(Cl)ccc3O2)[C@@H](O)[C@H]1O. The number of phosphoric ester groups is 4. The quantitative estimate of drug-likeness (QED) is 0.0243. The van der Waals surface area contributed by atoms with E-state index in [1.54, 1.807) is 0 Å². The zero-order valence-corrected chi connectivity index (χ0v) is 70.2. The molecule has 4 fully saturated rings. The van der Waals surface area contributed by atoms with E-state index >= 15 is 17.6 Å². The van der Waals surface area contributed by atoms with E-state index in [9.17, 15) is 95.9 Å². The fourth-order valence-corrected chi connectivity index (χ4v) is 17.4. The highest BCUT2D eigenvalue weighted by atomic mass is 35.5. The van der Waals surface area contributed by atoms with Crippen LogP contribution in [0.2, 0.25) is 20.1 Å². The molecule has 124 heavy (non-hydrogen) atoms. The summed E-state index contributed by atoms with van der Waals surface area (Å²) in [5.74, 6) is -19.1. The lowest BCUT2D eigenvalue weighted by Crippen LogP contribution is -2.43. The van der Waals surface area contributed by atoms with Gasteiger partial charge in [-0.25, -0.2) is 72.6 Å². The first kappa shape index (κ1) is 86.6. The van der Waals surface area contributed by atoms with Crippen molar-refractivity contribution in [3.63, 3.8) is 0 Å². The minimum Gasteiger partial charge on any atom is -0.404 e. The molecular weight excluding hydrogens is 1940 g/mol.